The van der Waals surface area contributed by atoms with Crippen molar-refractivity contribution in [2.75, 3.05) is 6.79 Å². The Hall–Kier alpha value is -2.90. The first-order valence-electron chi connectivity index (χ1n) is 14.3. The molecule has 206 valence electrons. The van der Waals surface area contributed by atoms with Crippen LogP contribution in [0.25, 0.3) is 22.6 Å². The highest BCUT2D eigenvalue weighted by Crippen LogP contribution is 2.49. The number of aromatic nitrogens is 3. The van der Waals surface area contributed by atoms with E-state index in [1.54, 1.807) is 0 Å². The molecule has 1 saturated carbocycles. The molecule has 0 saturated heterocycles. The SMILES string of the molecule is Cc1cccc(-c2c(-c3ccc4c(c3)OCO4)nc3n2CC=CC[C@]32CC[C@@H](O[Si](C)(C)C(C)(C)C)CC2)n1. The van der Waals surface area contributed by atoms with Crippen molar-refractivity contribution in [2.45, 2.75) is 96.0 Å². The van der Waals surface area contributed by atoms with Gasteiger partial charge < -0.3 is 18.5 Å². The van der Waals surface area contributed by atoms with Gasteiger partial charge in [0.2, 0.25) is 6.79 Å². The highest BCUT2D eigenvalue weighted by molar-refractivity contribution is 6.74. The fourth-order valence-electron chi connectivity index (χ4n) is 6.08. The van der Waals surface area contributed by atoms with E-state index < -0.39 is 8.32 Å². The zero-order valence-corrected chi connectivity index (χ0v) is 25.2. The van der Waals surface area contributed by atoms with E-state index in [-0.39, 0.29) is 17.2 Å². The maximum atomic E-state index is 6.88. The Kier molecular flexibility index (Phi) is 6.50. The summed E-state index contributed by atoms with van der Waals surface area (Å²) in [5.74, 6) is 2.75. The second-order valence-corrected chi connectivity index (χ2v) is 17.8. The molecular weight excluding hydrogens is 502 g/mol. The van der Waals surface area contributed by atoms with Gasteiger partial charge in [-0.25, -0.2) is 4.98 Å². The topological polar surface area (TPSA) is 58.4 Å². The van der Waals surface area contributed by atoms with Crippen molar-refractivity contribution >= 4 is 8.32 Å². The van der Waals surface area contributed by atoms with E-state index in [1.807, 2.05) is 6.07 Å². The molecule has 0 bridgehead atoms. The van der Waals surface area contributed by atoms with Gasteiger partial charge in [0.05, 0.1) is 17.1 Å². The number of aryl methyl sites for hydroxylation is 1. The predicted molar refractivity (Wildman–Crippen MR) is 158 cm³/mol. The Balaban J connectivity index is 1.42. The summed E-state index contributed by atoms with van der Waals surface area (Å²) in [5.41, 5.74) is 5.04. The third-order valence-electron chi connectivity index (χ3n) is 9.34. The fraction of sp³-hybridized carbons (Fsp3) is 0.500. The molecule has 0 N–H and O–H groups in total. The average molecular weight is 544 g/mol. The van der Waals surface area contributed by atoms with Crippen molar-refractivity contribution in [1.82, 2.24) is 14.5 Å². The van der Waals surface area contributed by atoms with Gasteiger partial charge in [-0.3, -0.25) is 4.98 Å². The normalized spacial score (nSPS) is 22.7. The van der Waals surface area contributed by atoms with Crippen LogP contribution in [0.4, 0.5) is 0 Å². The number of rotatable bonds is 4. The molecule has 39 heavy (non-hydrogen) atoms. The first kappa shape index (κ1) is 26.3. The number of allylic oxidation sites excluding steroid dienone is 2. The number of fused-ring (bicyclic) bond motifs is 3. The van der Waals surface area contributed by atoms with E-state index >= 15 is 0 Å². The van der Waals surface area contributed by atoms with E-state index in [1.165, 1.54) is 5.82 Å². The molecule has 2 aromatic heterocycles. The largest absolute Gasteiger partial charge is 0.454 e. The number of ether oxygens (including phenoxy) is 2. The number of nitrogens with zero attached hydrogens (tertiary/aromatic N) is 3. The van der Waals surface area contributed by atoms with Gasteiger partial charge >= 0.3 is 0 Å². The molecule has 0 unspecified atom stereocenters. The summed E-state index contributed by atoms with van der Waals surface area (Å²) in [4.78, 5) is 10.4. The summed E-state index contributed by atoms with van der Waals surface area (Å²) >= 11 is 0. The average Bonchev–Trinajstić information content (AvgIpc) is 3.47. The van der Waals surface area contributed by atoms with Gasteiger partial charge in [-0.05, 0) is 87.5 Å². The lowest BCUT2D eigenvalue weighted by molar-refractivity contribution is 0.1000. The van der Waals surface area contributed by atoms with Gasteiger partial charge in [0.1, 0.15) is 5.82 Å². The second-order valence-electron chi connectivity index (χ2n) is 13.0. The fourth-order valence-corrected chi connectivity index (χ4v) is 7.50. The van der Waals surface area contributed by atoms with Gasteiger partial charge in [-0.2, -0.15) is 0 Å². The van der Waals surface area contributed by atoms with Crippen LogP contribution >= 0.6 is 0 Å². The third-order valence-corrected chi connectivity index (χ3v) is 13.9. The van der Waals surface area contributed by atoms with Crippen LogP contribution < -0.4 is 9.47 Å². The zero-order valence-electron chi connectivity index (χ0n) is 24.2. The molecule has 0 radical (unpaired) electrons. The molecule has 0 atom stereocenters. The smallest absolute Gasteiger partial charge is 0.231 e. The maximum absolute atomic E-state index is 6.88. The molecule has 2 aliphatic heterocycles. The monoisotopic (exact) mass is 543 g/mol. The number of benzene rings is 1. The molecule has 1 spiro atoms. The molecule has 3 aromatic rings. The van der Waals surface area contributed by atoms with E-state index in [0.717, 1.165) is 78.5 Å². The minimum Gasteiger partial charge on any atom is -0.454 e. The van der Waals surface area contributed by atoms with Crippen LogP contribution in [-0.4, -0.2) is 35.7 Å². The minimum atomic E-state index is -1.81. The zero-order chi connectivity index (χ0) is 27.4. The number of imidazole rings is 1. The number of hydrogen-bond acceptors (Lipinski definition) is 5. The quantitative estimate of drug-likeness (QED) is 0.248. The number of pyridine rings is 1. The molecule has 6 nitrogen and oxygen atoms in total. The van der Waals surface area contributed by atoms with Crippen LogP contribution in [0.1, 0.15) is 64.4 Å². The molecule has 1 fully saturated rings. The summed E-state index contributed by atoms with van der Waals surface area (Å²) < 4.78 is 20.6. The van der Waals surface area contributed by atoms with E-state index in [9.17, 15) is 0 Å². The highest BCUT2D eigenvalue weighted by atomic mass is 28.4. The molecule has 6 rings (SSSR count). The van der Waals surface area contributed by atoms with E-state index in [0.29, 0.717) is 6.10 Å². The summed E-state index contributed by atoms with van der Waals surface area (Å²) in [6, 6.07) is 12.4. The molecule has 7 heteroatoms. The summed E-state index contributed by atoms with van der Waals surface area (Å²) in [6.07, 6.45) is 10.3. The molecule has 4 heterocycles. The van der Waals surface area contributed by atoms with Crippen LogP contribution in [0.15, 0.2) is 48.6 Å². The minimum absolute atomic E-state index is 0.00649. The van der Waals surface area contributed by atoms with Crippen LogP contribution in [-0.2, 0) is 16.4 Å². The van der Waals surface area contributed by atoms with E-state index in [2.05, 4.69) is 87.8 Å². The van der Waals surface area contributed by atoms with Crippen molar-refractivity contribution in [3.05, 3.63) is 60.1 Å². The van der Waals surface area contributed by atoms with Crippen molar-refractivity contribution in [1.29, 1.82) is 0 Å². The molecule has 0 amide bonds. The van der Waals surface area contributed by atoms with Gasteiger partial charge in [-0.15, -0.1) is 0 Å². The van der Waals surface area contributed by atoms with Crippen molar-refractivity contribution < 1.29 is 13.9 Å². The Morgan fingerprint density at radius 1 is 1.00 bits per heavy atom. The van der Waals surface area contributed by atoms with Gasteiger partial charge in [0, 0.05) is 29.3 Å². The first-order valence-corrected chi connectivity index (χ1v) is 17.3. The summed E-state index contributed by atoms with van der Waals surface area (Å²) in [5, 5.41) is 0.221. The molecular formula is C32H41N3O3Si. The lowest BCUT2D eigenvalue weighted by Crippen LogP contribution is -2.46. The van der Waals surface area contributed by atoms with Crippen LogP contribution in [0, 0.1) is 6.92 Å². The van der Waals surface area contributed by atoms with Crippen molar-refractivity contribution in [3.8, 4) is 34.1 Å². The lowest BCUT2D eigenvalue weighted by Gasteiger charge is -2.44. The molecule has 1 aromatic carbocycles. The Labute approximate surface area is 233 Å². The summed E-state index contributed by atoms with van der Waals surface area (Å²) in [7, 11) is -1.81. The highest BCUT2D eigenvalue weighted by Gasteiger charge is 2.45. The van der Waals surface area contributed by atoms with Gasteiger partial charge in [0.25, 0.3) is 0 Å². The maximum Gasteiger partial charge on any atom is 0.231 e. The van der Waals surface area contributed by atoms with Crippen LogP contribution in [0.3, 0.4) is 0 Å². The molecule has 1 aliphatic carbocycles. The van der Waals surface area contributed by atoms with Crippen molar-refractivity contribution in [3.63, 3.8) is 0 Å². The predicted octanol–water partition coefficient (Wildman–Crippen LogP) is 7.81. The van der Waals surface area contributed by atoms with Gasteiger partial charge in [-0.1, -0.05) is 39.0 Å². The van der Waals surface area contributed by atoms with Crippen LogP contribution in [0.5, 0.6) is 11.5 Å². The lowest BCUT2D eigenvalue weighted by atomic mass is 9.70. The Morgan fingerprint density at radius 2 is 1.77 bits per heavy atom. The van der Waals surface area contributed by atoms with E-state index in [4.69, 9.17) is 23.9 Å². The molecule has 3 aliphatic rings. The van der Waals surface area contributed by atoms with Crippen LogP contribution in [0.2, 0.25) is 18.1 Å². The van der Waals surface area contributed by atoms with Gasteiger partial charge in [0.15, 0.2) is 19.8 Å². The summed E-state index contributed by atoms with van der Waals surface area (Å²) in [6.45, 7) is 14.8. The third kappa shape index (κ3) is 4.74. The second kappa shape index (κ2) is 9.63. The number of hydrogen-bond donors (Lipinski definition) is 0. The standard InChI is InChI=1S/C32H41N3O3Si/c1-22-10-9-11-25(33-22)29-28(23-12-13-26-27(20-23)37-21-36-26)34-30-32(16-7-8-19-35(29)30)17-14-24(15-18-32)38-39(5,6)31(2,3)4/h7-13,20,24H,14-19,21H2,1-6H3/t24-,32-. The Bertz CT molecular complexity index is 1410. The Morgan fingerprint density at radius 3 is 2.51 bits per heavy atom. The first-order chi connectivity index (χ1) is 18.6. The van der Waals surface area contributed by atoms with Crippen molar-refractivity contribution in [2.24, 2.45) is 0 Å².